The summed E-state index contributed by atoms with van der Waals surface area (Å²) in [7, 11) is 0. The molecule has 1 aromatic rings. The van der Waals surface area contributed by atoms with Crippen LogP contribution in [0.4, 0.5) is 5.69 Å². The van der Waals surface area contributed by atoms with Gasteiger partial charge in [0.15, 0.2) is 0 Å². The summed E-state index contributed by atoms with van der Waals surface area (Å²) in [6, 6.07) is 7.96. The van der Waals surface area contributed by atoms with Gasteiger partial charge in [-0.1, -0.05) is 0 Å². The number of carbonyl (C=O) groups excluding carboxylic acids is 2. The molecule has 1 aromatic carbocycles. The molecule has 23 heavy (non-hydrogen) atoms. The van der Waals surface area contributed by atoms with Gasteiger partial charge in [0.05, 0.1) is 0 Å². The molecule has 0 unspecified atom stereocenters. The van der Waals surface area contributed by atoms with E-state index < -0.39 is 0 Å². The number of piperidine rings is 2. The molecular formula is C18H23N3O2. The summed E-state index contributed by atoms with van der Waals surface area (Å²) in [5.74, 6) is 0.838. The van der Waals surface area contributed by atoms with Gasteiger partial charge in [0.25, 0.3) is 5.91 Å². The fraction of sp³-hybridized carbons (Fsp3) is 0.556. The highest BCUT2D eigenvalue weighted by atomic mass is 16.2. The smallest absolute Gasteiger partial charge is 0.253 e. The quantitative estimate of drug-likeness (QED) is 0.848. The summed E-state index contributed by atoms with van der Waals surface area (Å²) in [5, 5.41) is 0. The van der Waals surface area contributed by atoms with Crippen LogP contribution < -0.4 is 5.73 Å². The fourth-order valence-electron chi connectivity index (χ4n) is 4.11. The lowest BCUT2D eigenvalue weighted by atomic mass is 9.83. The predicted molar refractivity (Wildman–Crippen MR) is 87.8 cm³/mol. The Hall–Kier alpha value is -2.04. The van der Waals surface area contributed by atoms with Crippen LogP contribution in [0.25, 0.3) is 0 Å². The number of nitrogens with two attached hydrogens (primary N) is 1. The zero-order valence-electron chi connectivity index (χ0n) is 13.3. The van der Waals surface area contributed by atoms with Crippen molar-refractivity contribution in [3.8, 4) is 0 Å². The molecule has 4 rings (SSSR count). The number of hydrogen-bond acceptors (Lipinski definition) is 3. The lowest BCUT2D eigenvalue weighted by Gasteiger charge is -2.47. The van der Waals surface area contributed by atoms with Crippen LogP contribution in [0.3, 0.4) is 0 Å². The van der Waals surface area contributed by atoms with E-state index in [-0.39, 0.29) is 5.91 Å². The second-order valence-corrected chi connectivity index (χ2v) is 7.06. The van der Waals surface area contributed by atoms with E-state index in [9.17, 15) is 9.59 Å². The third-order valence-corrected chi connectivity index (χ3v) is 5.45. The van der Waals surface area contributed by atoms with Crippen molar-refractivity contribution in [3.05, 3.63) is 29.8 Å². The summed E-state index contributed by atoms with van der Waals surface area (Å²) >= 11 is 0. The Labute approximate surface area is 136 Å². The molecule has 0 radical (unpaired) electrons. The summed E-state index contributed by atoms with van der Waals surface area (Å²) in [6.07, 6.45) is 4.78. The van der Waals surface area contributed by atoms with E-state index in [4.69, 9.17) is 5.73 Å². The highest BCUT2D eigenvalue weighted by Crippen LogP contribution is 2.39. The molecule has 3 fully saturated rings. The minimum atomic E-state index is 0.0818. The highest BCUT2D eigenvalue weighted by molar-refractivity contribution is 5.94. The van der Waals surface area contributed by atoms with E-state index in [0.717, 1.165) is 38.8 Å². The van der Waals surface area contributed by atoms with Crippen molar-refractivity contribution in [1.29, 1.82) is 0 Å². The van der Waals surface area contributed by atoms with Crippen LogP contribution in [0.15, 0.2) is 24.3 Å². The van der Waals surface area contributed by atoms with Gasteiger partial charge < -0.3 is 15.5 Å². The number of carbonyl (C=O) groups is 2. The van der Waals surface area contributed by atoms with Gasteiger partial charge in [0.2, 0.25) is 5.91 Å². The van der Waals surface area contributed by atoms with Crippen LogP contribution in [-0.4, -0.2) is 46.8 Å². The third-order valence-electron chi connectivity index (χ3n) is 5.45. The molecule has 122 valence electrons. The van der Waals surface area contributed by atoms with Crippen molar-refractivity contribution in [1.82, 2.24) is 9.80 Å². The first kappa shape index (κ1) is 14.5. The van der Waals surface area contributed by atoms with Crippen molar-refractivity contribution in [2.45, 2.75) is 44.2 Å². The van der Waals surface area contributed by atoms with E-state index in [1.54, 1.807) is 24.3 Å². The topological polar surface area (TPSA) is 66.6 Å². The molecule has 2 atom stereocenters. The zero-order chi connectivity index (χ0) is 16.0. The average Bonchev–Trinajstić information content (AvgIpc) is 3.39. The molecule has 3 aliphatic rings. The molecule has 2 heterocycles. The maximum absolute atomic E-state index is 12.7. The summed E-state index contributed by atoms with van der Waals surface area (Å²) < 4.78 is 0. The van der Waals surface area contributed by atoms with Gasteiger partial charge in [0.1, 0.15) is 0 Å². The second-order valence-electron chi connectivity index (χ2n) is 7.06. The first-order valence-electron chi connectivity index (χ1n) is 8.59. The Morgan fingerprint density at radius 3 is 2.52 bits per heavy atom. The molecule has 2 aliphatic heterocycles. The Kier molecular flexibility index (Phi) is 3.51. The summed E-state index contributed by atoms with van der Waals surface area (Å²) in [4.78, 5) is 29.0. The van der Waals surface area contributed by atoms with Gasteiger partial charge in [-0.15, -0.1) is 0 Å². The van der Waals surface area contributed by atoms with E-state index in [2.05, 4.69) is 4.90 Å². The first-order valence-corrected chi connectivity index (χ1v) is 8.59. The van der Waals surface area contributed by atoms with Crippen molar-refractivity contribution in [2.24, 2.45) is 5.92 Å². The molecule has 2 amide bonds. The number of nitrogen functional groups attached to an aromatic ring is 1. The van der Waals surface area contributed by atoms with Crippen LogP contribution in [0.5, 0.6) is 0 Å². The second kappa shape index (κ2) is 5.55. The van der Waals surface area contributed by atoms with Crippen LogP contribution in [0, 0.1) is 5.92 Å². The predicted octanol–water partition coefficient (Wildman–Crippen LogP) is 1.88. The molecule has 0 bridgehead atoms. The molecule has 0 aromatic heterocycles. The Morgan fingerprint density at radius 2 is 1.83 bits per heavy atom. The number of likely N-dealkylation sites (tertiary alicyclic amines) is 2. The molecule has 0 spiro atoms. The average molecular weight is 313 g/mol. The summed E-state index contributed by atoms with van der Waals surface area (Å²) in [6.45, 7) is 1.51. The number of hydrogen-bond donors (Lipinski definition) is 1. The third kappa shape index (κ3) is 2.69. The van der Waals surface area contributed by atoms with Crippen LogP contribution in [0.1, 0.15) is 42.5 Å². The van der Waals surface area contributed by atoms with Crippen molar-refractivity contribution in [3.63, 3.8) is 0 Å². The van der Waals surface area contributed by atoms with Crippen molar-refractivity contribution < 1.29 is 9.59 Å². The molecule has 1 saturated carbocycles. The van der Waals surface area contributed by atoms with Gasteiger partial charge in [-0.25, -0.2) is 0 Å². The number of benzene rings is 1. The lowest BCUT2D eigenvalue weighted by Crippen LogP contribution is -2.57. The van der Waals surface area contributed by atoms with Gasteiger partial charge in [0, 0.05) is 42.8 Å². The number of fused-ring (bicyclic) bond motifs is 1. The Bertz CT molecular complexity index is 624. The molecule has 1 aliphatic carbocycles. The first-order chi connectivity index (χ1) is 11.1. The van der Waals surface area contributed by atoms with Crippen LogP contribution in [-0.2, 0) is 4.79 Å². The monoisotopic (exact) mass is 313 g/mol. The maximum Gasteiger partial charge on any atom is 0.253 e. The number of nitrogens with zero attached hydrogens (tertiary/aromatic N) is 2. The summed E-state index contributed by atoms with van der Waals surface area (Å²) in [5.41, 5.74) is 7.06. The van der Waals surface area contributed by atoms with Crippen molar-refractivity contribution >= 4 is 17.5 Å². The van der Waals surface area contributed by atoms with Gasteiger partial charge >= 0.3 is 0 Å². The standard InChI is InChI=1S/C18H23N3O2/c19-14-4-1-12(2-5-14)18(23)20-10-9-16-13(11-20)3-8-17(22)21(16)15-6-7-15/h1-2,4-5,13,15-16H,3,6-11,19H2/t13-,16-/m1/s1. The molecular weight excluding hydrogens is 290 g/mol. The van der Waals surface area contributed by atoms with E-state index in [1.165, 1.54) is 0 Å². The van der Waals surface area contributed by atoms with Crippen molar-refractivity contribution in [2.75, 3.05) is 18.8 Å². The Balaban J connectivity index is 1.47. The largest absolute Gasteiger partial charge is 0.399 e. The normalized spacial score (nSPS) is 27.7. The van der Waals surface area contributed by atoms with E-state index in [0.29, 0.717) is 41.6 Å². The minimum absolute atomic E-state index is 0.0818. The number of rotatable bonds is 2. The highest BCUT2D eigenvalue weighted by Gasteiger charge is 2.45. The molecule has 5 heteroatoms. The Morgan fingerprint density at radius 1 is 1.09 bits per heavy atom. The van der Waals surface area contributed by atoms with Crippen LogP contribution in [0.2, 0.25) is 0 Å². The minimum Gasteiger partial charge on any atom is -0.399 e. The van der Waals surface area contributed by atoms with Gasteiger partial charge in [-0.2, -0.15) is 0 Å². The van der Waals surface area contributed by atoms with E-state index >= 15 is 0 Å². The van der Waals surface area contributed by atoms with Gasteiger partial charge in [-0.3, -0.25) is 9.59 Å². The number of anilines is 1. The zero-order valence-corrected chi connectivity index (χ0v) is 13.3. The molecule has 2 N–H and O–H groups in total. The fourth-order valence-corrected chi connectivity index (χ4v) is 4.11. The number of amides is 2. The van der Waals surface area contributed by atoms with Gasteiger partial charge in [-0.05, 0) is 55.9 Å². The van der Waals surface area contributed by atoms with E-state index in [1.807, 2.05) is 4.90 Å². The lowest BCUT2D eigenvalue weighted by molar-refractivity contribution is -0.141. The maximum atomic E-state index is 12.7. The SMILES string of the molecule is Nc1ccc(C(=O)N2CC[C@@H]3[C@H](CCC(=O)N3C3CC3)C2)cc1. The van der Waals surface area contributed by atoms with Crippen LogP contribution >= 0.6 is 0 Å². The molecule has 2 saturated heterocycles. The molecule has 5 nitrogen and oxygen atoms in total.